The summed E-state index contributed by atoms with van der Waals surface area (Å²) in [7, 11) is 1.81. The van der Waals surface area contributed by atoms with Gasteiger partial charge in [0.1, 0.15) is 0 Å². The van der Waals surface area contributed by atoms with Crippen LogP contribution in [0.5, 0.6) is 0 Å². The lowest BCUT2D eigenvalue weighted by molar-refractivity contribution is 0.231. The van der Waals surface area contributed by atoms with Crippen LogP contribution in [0, 0.1) is 0 Å². The minimum absolute atomic E-state index is 0.660. The molecule has 0 radical (unpaired) electrons. The van der Waals surface area contributed by atoms with Crippen LogP contribution in [0.2, 0.25) is 11.1 Å². The maximum Gasteiger partial charge on any atom is 0.343 e. The van der Waals surface area contributed by atoms with E-state index in [9.17, 15) is 0 Å². The van der Waals surface area contributed by atoms with E-state index in [2.05, 4.69) is 13.8 Å². The first-order valence-corrected chi connectivity index (χ1v) is 6.24. The average molecular weight is 174 g/mol. The molecule has 0 N–H and O–H groups in total. The maximum absolute atomic E-state index is 5.59. The first-order valence-electron chi connectivity index (χ1n) is 4.27. The molecule has 0 aromatic carbocycles. The maximum atomic E-state index is 5.59. The fourth-order valence-electron chi connectivity index (χ4n) is 2.28. The summed E-state index contributed by atoms with van der Waals surface area (Å²) in [6.45, 7) is 4.51. The molecular formula is C8H18O2Si. The quantitative estimate of drug-likeness (QED) is 0.598. The predicted octanol–water partition coefficient (Wildman–Crippen LogP) is 2.30. The Labute approximate surface area is 70.1 Å². The van der Waals surface area contributed by atoms with E-state index >= 15 is 0 Å². The van der Waals surface area contributed by atoms with Crippen LogP contribution < -0.4 is 0 Å². The highest BCUT2D eigenvalue weighted by molar-refractivity contribution is 6.71. The molecule has 1 heterocycles. The first kappa shape index (κ1) is 9.23. The van der Waals surface area contributed by atoms with Crippen molar-refractivity contribution < 1.29 is 8.85 Å². The van der Waals surface area contributed by atoms with Gasteiger partial charge in [0.15, 0.2) is 0 Å². The topological polar surface area (TPSA) is 18.5 Å². The molecule has 1 fully saturated rings. The summed E-state index contributed by atoms with van der Waals surface area (Å²) in [4.78, 5) is 0. The fourth-order valence-corrected chi connectivity index (χ4v) is 6.16. The van der Waals surface area contributed by atoms with Crippen molar-refractivity contribution in [1.29, 1.82) is 0 Å². The fraction of sp³-hybridized carbons (Fsp3) is 1.00. The molecule has 2 nitrogen and oxygen atoms in total. The number of hydrogen-bond acceptors (Lipinski definition) is 2. The van der Waals surface area contributed by atoms with Crippen LogP contribution in [0.3, 0.4) is 0 Å². The smallest absolute Gasteiger partial charge is 0.343 e. The molecule has 1 rings (SSSR count). The van der Waals surface area contributed by atoms with Gasteiger partial charge in [-0.05, 0) is 12.8 Å². The molecule has 2 atom stereocenters. The van der Waals surface area contributed by atoms with Crippen molar-refractivity contribution >= 4 is 8.56 Å². The molecule has 1 saturated heterocycles. The van der Waals surface area contributed by atoms with Crippen LogP contribution in [-0.4, -0.2) is 22.8 Å². The Morgan fingerprint density at radius 1 is 1.00 bits per heavy atom. The highest BCUT2D eigenvalue weighted by Gasteiger charge is 2.51. The molecule has 0 spiro atoms. The zero-order chi connectivity index (χ0) is 8.48. The van der Waals surface area contributed by atoms with E-state index in [0.29, 0.717) is 11.1 Å². The molecule has 3 heteroatoms. The van der Waals surface area contributed by atoms with Gasteiger partial charge in [-0.3, -0.25) is 0 Å². The van der Waals surface area contributed by atoms with Gasteiger partial charge in [0.25, 0.3) is 0 Å². The summed E-state index contributed by atoms with van der Waals surface area (Å²) in [5.41, 5.74) is 1.32. The molecule has 11 heavy (non-hydrogen) atoms. The largest absolute Gasteiger partial charge is 0.397 e. The van der Waals surface area contributed by atoms with Crippen LogP contribution in [0.25, 0.3) is 0 Å². The minimum Gasteiger partial charge on any atom is -0.397 e. The Morgan fingerprint density at radius 3 is 1.55 bits per heavy atom. The van der Waals surface area contributed by atoms with Gasteiger partial charge in [-0.25, -0.2) is 0 Å². The second-order valence-corrected chi connectivity index (χ2v) is 7.74. The van der Waals surface area contributed by atoms with Crippen molar-refractivity contribution in [1.82, 2.24) is 0 Å². The van der Waals surface area contributed by atoms with Gasteiger partial charge in [0.05, 0.1) is 0 Å². The zero-order valence-corrected chi connectivity index (χ0v) is 8.89. The van der Waals surface area contributed by atoms with Crippen molar-refractivity contribution in [2.75, 3.05) is 14.2 Å². The molecule has 2 unspecified atom stereocenters. The number of hydrogen-bond donors (Lipinski definition) is 0. The molecule has 0 amide bonds. The van der Waals surface area contributed by atoms with Crippen LogP contribution >= 0.6 is 0 Å². The molecule has 0 aromatic rings. The minimum atomic E-state index is -1.79. The monoisotopic (exact) mass is 174 g/mol. The Morgan fingerprint density at radius 2 is 1.36 bits per heavy atom. The van der Waals surface area contributed by atoms with Gasteiger partial charge in [-0.15, -0.1) is 0 Å². The average Bonchev–Trinajstić information content (AvgIpc) is 2.29. The third-order valence-corrected chi connectivity index (χ3v) is 7.65. The summed E-state index contributed by atoms with van der Waals surface area (Å²) in [6, 6.07) is 0. The van der Waals surface area contributed by atoms with Gasteiger partial charge in [-0.1, -0.05) is 13.8 Å². The Kier molecular flexibility index (Phi) is 2.73. The van der Waals surface area contributed by atoms with Gasteiger partial charge in [0, 0.05) is 25.3 Å². The Bertz CT molecular complexity index is 122. The van der Waals surface area contributed by atoms with E-state index in [-0.39, 0.29) is 0 Å². The molecule has 0 aromatic heterocycles. The van der Waals surface area contributed by atoms with Crippen LogP contribution in [-0.2, 0) is 8.85 Å². The summed E-state index contributed by atoms with van der Waals surface area (Å²) >= 11 is 0. The van der Waals surface area contributed by atoms with Gasteiger partial charge in [-0.2, -0.15) is 0 Å². The Hall–Kier alpha value is 0.137. The highest BCUT2D eigenvalue weighted by atomic mass is 28.4. The van der Waals surface area contributed by atoms with E-state index < -0.39 is 8.56 Å². The number of rotatable bonds is 2. The van der Waals surface area contributed by atoms with E-state index in [1.165, 1.54) is 12.8 Å². The predicted molar refractivity (Wildman–Crippen MR) is 47.9 cm³/mol. The lowest BCUT2D eigenvalue weighted by atomic mass is 10.2. The third kappa shape index (κ3) is 1.25. The lowest BCUT2D eigenvalue weighted by Crippen LogP contribution is -2.43. The van der Waals surface area contributed by atoms with Crippen LogP contribution in [0.4, 0.5) is 0 Å². The molecular weight excluding hydrogens is 156 g/mol. The normalized spacial score (nSPS) is 36.0. The zero-order valence-electron chi connectivity index (χ0n) is 7.89. The van der Waals surface area contributed by atoms with E-state index in [4.69, 9.17) is 8.85 Å². The summed E-state index contributed by atoms with van der Waals surface area (Å²) in [5, 5.41) is 0. The standard InChI is InChI=1S/C8H18O2Si/c1-7-5-6-8(2)11(7,9-3)10-4/h7-8H,5-6H2,1-4H3. The summed E-state index contributed by atoms with van der Waals surface area (Å²) in [6.07, 6.45) is 2.55. The molecule has 1 aliphatic heterocycles. The summed E-state index contributed by atoms with van der Waals surface area (Å²) in [5.74, 6) is 0. The van der Waals surface area contributed by atoms with Crippen molar-refractivity contribution in [3.05, 3.63) is 0 Å². The van der Waals surface area contributed by atoms with Gasteiger partial charge in [0.2, 0.25) is 0 Å². The van der Waals surface area contributed by atoms with Gasteiger partial charge >= 0.3 is 8.56 Å². The van der Waals surface area contributed by atoms with E-state index in [0.717, 1.165) is 0 Å². The summed E-state index contributed by atoms with van der Waals surface area (Å²) < 4.78 is 11.2. The van der Waals surface area contributed by atoms with E-state index in [1.54, 1.807) is 14.2 Å². The molecule has 0 saturated carbocycles. The third-order valence-electron chi connectivity index (χ3n) is 3.04. The Balaban J connectivity index is 2.76. The van der Waals surface area contributed by atoms with E-state index in [1.807, 2.05) is 0 Å². The lowest BCUT2D eigenvalue weighted by Gasteiger charge is -2.30. The van der Waals surface area contributed by atoms with Crippen molar-refractivity contribution in [2.45, 2.75) is 37.8 Å². The van der Waals surface area contributed by atoms with Crippen molar-refractivity contribution in [3.63, 3.8) is 0 Å². The molecule has 1 aliphatic rings. The molecule has 0 aliphatic carbocycles. The molecule has 66 valence electrons. The van der Waals surface area contributed by atoms with Crippen molar-refractivity contribution in [2.24, 2.45) is 0 Å². The second-order valence-electron chi connectivity index (χ2n) is 3.51. The van der Waals surface area contributed by atoms with Crippen LogP contribution in [0.15, 0.2) is 0 Å². The van der Waals surface area contributed by atoms with Gasteiger partial charge < -0.3 is 8.85 Å². The van der Waals surface area contributed by atoms with Crippen LogP contribution in [0.1, 0.15) is 26.7 Å². The highest BCUT2D eigenvalue weighted by Crippen LogP contribution is 2.46. The second kappa shape index (κ2) is 3.25. The molecule has 0 bridgehead atoms. The SMILES string of the molecule is CO[Si]1(OC)C(C)CCC1C. The first-order chi connectivity index (χ1) is 5.17. The van der Waals surface area contributed by atoms with Crippen molar-refractivity contribution in [3.8, 4) is 0 Å².